The molecular weight excluding hydrogens is 234 g/mol. The zero-order chi connectivity index (χ0) is 13.0. The van der Waals surface area contributed by atoms with Crippen molar-refractivity contribution in [2.75, 3.05) is 13.1 Å². The van der Waals surface area contributed by atoms with E-state index in [0.717, 1.165) is 5.56 Å². The second-order valence-corrected chi connectivity index (χ2v) is 4.30. The minimum absolute atomic E-state index is 0.183. The highest BCUT2D eigenvalue weighted by molar-refractivity contribution is 5.82. The molecule has 2 unspecified atom stereocenters. The molecule has 1 aliphatic heterocycles. The summed E-state index contributed by atoms with van der Waals surface area (Å²) in [6, 6.07) is 9.32. The molecule has 18 heavy (non-hydrogen) atoms. The van der Waals surface area contributed by atoms with Crippen molar-refractivity contribution in [3.63, 3.8) is 0 Å². The molecule has 1 heterocycles. The van der Waals surface area contributed by atoms with E-state index in [2.05, 4.69) is 5.32 Å². The summed E-state index contributed by atoms with van der Waals surface area (Å²) in [5, 5.41) is 11.9. The van der Waals surface area contributed by atoms with E-state index in [1.807, 2.05) is 30.3 Å². The summed E-state index contributed by atoms with van der Waals surface area (Å²) in [4.78, 5) is 22.8. The highest BCUT2D eigenvalue weighted by Crippen LogP contribution is 2.19. The number of ether oxygens (including phenoxy) is 1. The van der Waals surface area contributed by atoms with Gasteiger partial charge in [0.25, 0.3) is 0 Å². The minimum Gasteiger partial charge on any atom is -0.481 e. The Hall–Kier alpha value is -1.88. The standard InChI is InChI=1S/C13H15NO4/c15-12(16)10-6-14-7-11(10)13(17)18-8-9-4-2-1-3-5-9/h1-5,10-11,14H,6-8H2,(H,15,16). The summed E-state index contributed by atoms with van der Waals surface area (Å²) in [5.41, 5.74) is 0.892. The van der Waals surface area contributed by atoms with Gasteiger partial charge < -0.3 is 15.2 Å². The quantitative estimate of drug-likeness (QED) is 0.766. The van der Waals surface area contributed by atoms with Crippen molar-refractivity contribution >= 4 is 11.9 Å². The number of carboxylic acid groups (broad SMARTS) is 1. The zero-order valence-corrected chi connectivity index (χ0v) is 9.83. The van der Waals surface area contributed by atoms with Crippen LogP contribution in [-0.4, -0.2) is 30.1 Å². The van der Waals surface area contributed by atoms with Crippen LogP contribution in [0.1, 0.15) is 5.56 Å². The first-order chi connectivity index (χ1) is 8.68. The minimum atomic E-state index is -0.957. The monoisotopic (exact) mass is 249 g/mol. The van der Waals surface area contributed by atoms with Gasteiger partial charge in [-0.15, -0.1) is 0 Å². The predicted octanol–water partition coefficient (Wildman–Crippen LogP) is 0.650. The lowest BCUT2D eigenvalue weighted by molar-refractivity contribution is -0.156. The van der Waals surface area contributed by atoms with Gasteiger partial charge in [-0.2, -0.15) is 0 Å². The van der Waals surface area contributed by atoms with Crippen LogP contribution in [0.15, 0.2) is 30.3 Å². The Morgan fingerprint density at radius 3 is 2.56 bits per heavy atom. The fraction of sp³-hybridized carbons (Fsp3) is 0.385. The Kier molecular flexibility index (Phi) is 3.94. The Morgan fingerprint density at radius 1 is 1.22 bits per heavy atom. The van der Waals surface area contributed by atoms with Crippen LogP contribution in [-0.2, 0) is 20.9 Å². The number of aliphatic carboxylic acids is 1. The Labute approximate surface area is 105 Å². The van der Waals surface area contributed by atoms with Crippen LogP contribution in [0.3, 0.4) is 0 Å². The topological polar surface area (TPSA) is 75.6 Å². The molecule has 1 saturated heterocycles. The highest BCUT2D eigenvalue weighted by atomic mass is 16.5. The molecule has 1 aromatic carbocycles. The highest BCUT2D eigenvalue weighted by Gasteiger charge is 2.38. The molecule has 0 spiro atoms. The Morgan fingerprint density at radius 2 is 1.89 bits per heavy atom. The van der Waals surface area contributed by atoms with Gasteiger partial charge in [0.15, 0.2) is 0 Å². The predicted molar refractivity (Wildman–Crippen MR) is 63.7 cm³/mol. The summed E-state index contributed by atoms with van der Waals surface area (Å²) in [7, 11) is 0. The van der Waals surface area contributed by atoms with Crippen molar-refractivity contribution in [3.8, 4) is 0 Å². The fourth-order valence-electron chi connectivity index (χ4n) is 2.02. The van der Waals surface area contributed by atoms with Gasteiger partial charge in [0.05, 0.1) is 11.8 Å². The molecule has 2 N–H and O–H groups in total. The van der Waals surface area contributed by atoms with E-state index < -0.39 is 23.8 Å². The first-order valence-electron chi connectivity index (χ1n) is 5.82. The SMILES string of the molecule is O=C(O)C1CNCC1C(=O)OCc1ccccc1. The lowest BCUT2D eigenvalue weighted by Gasteiger charge is -2.13. The number of esters is 1. The second-order valence-electron chi connectivity index (χ2n) is 4.30. The zero-order valence-electron chi connectivity index (χ0n) is 9.83. The molecule has 2 rings (SSSR count). The maximum Gasteiger partial charge on any atom is 0.311 e. The van der Waals surface area contributed by atoms with E-state index in [9.17, 15) is 9.59 Å². The number of rotatable bonds is 4. The van der Waals surface area contributed by atoms with Gasteiger partial charge in [-0.3, -0.25) is 9.59 Å². The molecule has 1 aliphatic rings. The van der Waals surface area contributed by atoms with Crippen LogP contribution in [0.5, 0.6) is 0 Å². The second kappa shape index (κ2) is 5.64. The number of hydrogen-bond donors (Lipinski definition) is 2. The summed E-state index contributed by atoms with van der Waals surface area (Å²) in [5.74, 6) is -2.68. The molecule has 0 aromatic heterocycles. The lowest BCUT2D eigenvalue weighted by Crippen LogP contribution is -2.29. The summed E-state index contributed by atoms with van der Waals surface area (Å²) in [6.45, 7) is 0.869. The molecule has 0 saturated carbocycles. The van der Waals surface area contributed by atoms with Gasteiger partial charge in [-0.1, -0.05) is 30.3 Å². The molecule has 0 bridgehead atoms. The average molecular weight is 249 g/mol. The number of carboxylic acids is 1. The van der Waals surface area contributed by atoms with Crippen molar-refractivity contribution in [1.29, 1.82) is 0 Å². The van der Waals surface area contributed by atoms with Crippen LogP contribution < -0.4 is 5.32 Å². The Bertz CT molecular complexity index is 432. The average Bonchev–Trinajstić information content (AvgIpc) is 2.86. The van der Waals surface area contributed by atoms with Crippen LogP contribution in [0.25, 0.3) is 0 Å². The first kappa shape index (κ1) is 12.6. The molecule has 0 radical (unpaired) electrons. The molecule has 5 heteroatoms. The van der Waals surface area contributed by atoms with Crippen LogP contribution in [0.4, 0.5) is 0 Å². The van der Waals surface area contributed by atoms with Crippen LogP contribution >= 0.6 is 0 Å². The van der Waals surface area contributed by atoms with E-state index in [1.165, 1.54) is 0 Å². The van der Waals surface area contributed by atoms with Gasteiger partial charge in [-0.25, -0.2) is 0 Å². The number of carbonyl (C=O) groups is 2. The molecule has 0 amide bonds. The third-order valence-electron chi connectivity index (χ3n) is 3.06. The van der Waals surface area contributed by atoms with E-state index in [0.29, 0.717) is 13.1 Å². The maximum atomic E-state index is 11.8. The summed E-state index contributed by atoms with van der Waals surface area (Å²) < 4.78 is 5.15. The Balaban J connectivity index is 1.90. The van der Waals surface area contributed by atoms with E-state index >= 15 is 0 Å². The fourth-order valence-corrected chi connectivity index (χ4v) is 2.02. The summed E-state index contributed by atoms with van der Waals surface area (Å²) >= 11 is 0. The first-order valence-corrected chi connectivity index (χ1v) is 5.82. The number of hydrogen-bond acceptors (Lipinski definition) is 4. The largest absolute Gasteiger partial charge is 0.481 e. The van der Waals surface area contributed by atoms with E-state index in [-0.39, 0.29) is 6.61 Å². The van der Waals surface area contributed by atoms with Crippen LogP contribution in [0.2, 0.25) is 0 Å². The molecule has 5 nitrogen and oxygen atoms in total. The lowest BCUT2D eigenvalue weighted by atomic mass is 9.96. The molecule has 1 aromatic rings. The molecule has 0 aliphatic carbocycles. The molecule has 1 fully saturated rings. The smallest absolute Gasteiger partial charge is 0.311 e. The van der Waals surface area contributed by atoms with Gasteiger partial charge in [0.1, 0.15) is 6.61 Å². The van der Waals surface area contributed by atoms with Crippen molar-refractivity contribution in [2.24, 2.45) is 11.8 Å². The van der Waals surface area contributed by atoms with E-state index in [1.54, 1.807) is 0 Å². The van der Waals surface area contributed by atoms with Crippen molar-refractivity contribution in [1.82, 2.24) is 5.32 Å². The van der Waals surface area contributed by atoms with Crippen LogP contribution in [0, 0.1) is 11.8 Å². The van der Waals surface area contributed by atoms with Gasteiger partial charge >= 0.3 is 11.9 Å². The number of benzene rings is 1. The van der Waals surface area contributed by atoms with Gasteiger partial charge in [0.2, 0.25) is 0 Å². The third-order valence-corrected chi connectivity index (χ3v) is 3.06. The molecule has 96 valence electrons. The van der Waals surface area contributed by atoms with Crippen molar-refractivity contribution in [2.45, 2.75) is 6.61 Å². The molecule has 2 atom stereocenters. The third kappa shape index (κ3) is 2.87. The van der Waals surface area contributed by atoms with Crippen molar-refractivity contribution < 1.29 is 19.4 Å². The van der Waals surface area contributed by atoms with Gasteiger partial charge in [0, 0.05) is 13.1 Å². The number of carbonyl (C=O) groups excluding carboxylic acids is 1. The normalized spacial score (nSPS) is 22.7. The van der Waals surface area contributed by atoms with E-state index in [4.69, 9.17) is 9.84 Å². The van der Waals surface area contributed by atoms with Crippen molar-refractivity contribution in [3.05, 3.63) is 35.9 Å². The maximum absolute atomic E-state index is 11.8. The number of nitrogens with one attached hydrogen (secondary N) is 1. The molecular formula is C13H15NO4. The summed E-state index contributed by atoms with van der Waals surface area (Å²) in [6.07, 6.45) is 0. The van der Waals surface area contributed by atoms with Gasteiger partial charge in [-0.05, 0) is 5.56 Å².